The van der Waals surface area contributed by atoms with Gasteiger partial charge in [0.25, 0.3) is 0 Å². The highest BCUT2D eigenvalue weighted by atomic mass is 16.5. The molecule has 0 atom stereocenters. The third-order valence-electron chi connectivity index (χ3n) is 4.92. The van der Waals surface area contributed by atoms with Gasteiger partial charge in [0.15, 0.2) is 17.5 Å². The van der Waals surface area contributed by atoms with Crippen molar-refractivity contribution in [3.8, 4) is 5.75 Å². The number of anilines is 4. The van der Waals surface area contributed by atoms with Crippen molar-refractivity contribution >= 4 is 34.0 Å². The topological polar surface area (TPSA) is 109 Å². The summed E-state index contributed by atoms with van der Waals surface area (Å²) >= 11 is 0. The fourth-order valence-corrected chi connectivity index (χ4v) is 3.38. The Balaban J connectivity index is 1.35. The normalized spacial score (nSPS) is 12.5. The van der Waals surface area contributed by atoms with E-state index < -0.39 is 0 Å². The number of hydrazine groups is 2. The van der Waals surface area contributed by atoms with Crippen molar-refractivity contribution in [1.29, 1.82) is 0 Å². The van der Waals surface area contributed by atoms with Crippen LogP contribution in [-0.2, 0) is 11.3 Å². The van der Waals surface area contributed by atoms with Gasteiger partial charge < -0.3 is 14.8 Å². The minimum atomic E-state index is 0.438. The Kier molecular flexibility index (Phi) is 5.60. The Bertz CT molecular complexity index is 1240. The maximum atomic E-state index is 5.76. The Morgan fingerprint density at radius 2 is 2.03 bits per heavy atom. The van der Waals surface area contributed by atoms with Gasteiger partial charge in [-0.05, 0) is 23.8 Å². The van der Waals surface area contributed by atoms with Gasteiger partial charge in [0.2, 0.25) is 0 Å². The molecule has 0 saturated heterocycles. The second-order valence-corrected chi connectivity index (χ2v) is 7.12. The fourth-order valence-electron chi connectivity index (χ4n) is 3.38. The number of nitrogens with zero attached hydrogens (tertiary/aromatic N) is 5. The first kappa shape index (κ1) is 19.9. The monoisotopic (exact) mass is 430 g/mol. The lowest BCUT2D eigenvalue weighted by atomic mass is 10.1. The number of methoxy groups -OCH3 is 1. The second kappa shape index (κ2) is 9.00. The molecule has 4 heterocycles. The Morgan fingerprint density at radius 3 is 2.97 bits per heavy atom. The van der Waals surface area contributed by atoms with Gasteiger partial charge >= 0.3 is 0 Å². The highest BCUT2D eigenvalue weighted by Gasteiger charge is 2.22. The van der Waals surface area contributed by atoms with Gasteiger partial charge in [-0.3, -0.25) is 20.4 Å². The predicted molar refractivity (Wildman–Crippen MR) is 122 cm³/mol. The van der Waals surface area contributed by atoms with Crippen molar-refractivity contribution < 1.29 is 9.47 Å². The number of rotatable bonds is 8. The van der Waals surface area contributed by atoms with Gasteiger partial charge in [0.1, 0.15) is 18.0 Å². The average molecular weight is 430 g/mol. The maximum Gasteiger partial charge on any atom is 0.191 e. The van der Waals surface area contributed by atoms with Crippen molar-refractivity contribution in [1.82, 2.24) is 25.5 Å². The molecule has 1 aliphatic rings. The number of ether oxygens (including phenoxy) is 2. The minimum absolute atomic E-state index is 0.438. The molecule has 1 aromatic carbocycles. The van der Waals surface area contributed by atoms with Crippen LogP contribution in [0.15, 0.2) is 61.2 Å². The van der Waals surface area contributed by atoms with Crippen LogP contribution in [0, 0.1) is 0 Å². The third kappa shape index (κ3) is 4.22. The number of aromatic nitrogens is 4. The Hall–Kier alpha value is -4.02. The van der Waals surface area contributed by atoms with E-state index in [1.165, 1.54) is 0 Å². The highest BCUT2D eigenvalue weighted by Crippen LogP contribution is 2.30. The van der Waals surface area contributed by atoms with Crippen LogP contribution in [0.1, 0.15) is 5.56 Å². The molecule has 162 valence electrons. The molecule has 5 rings (SSSR count). The summed E-state index contributed by atoms with van der Waals surface area (Å²) < 4.78 is 10.8. The van der Waals surface area contributed by atoms with Crippen molar-refractivity contribution in [2.24, 2.45) is 0 Å². The van der Waals surface area contributed by atoms with E-state index in [0.717, 1.165) is 16.5 Å². The van der Waals surface area contributed by atoms with Crippen molar-refractivity contribution in [2.45, 2.75) is 6.54 Å². The average Bonchev–Trinajstić information content (AvgIpc) is 3.22. The molecule has 0 spiro atoms. The van der Waals surface area contributed by atoms with Crippen LogP contribution in [0.25, 0.3) is 10.9 Å². The third-order valence-corrected chi connectivity index (χ3v) is 4.92. The molecule has 10 nitrogen and oxygen atoms in total. The first-order valence-electron chi connectivity index (χ1n) is 10.1. The molecule has 0 amide bonds. The maximum absolute atomic E-state index is 5.76. The number of pyridine rings is 2. The number of nitrogens with one attached hydrogen (secondary N) is 3. The van der Waals surface area contributed by atoms with E-state index in [2.05, 4.69) is 49.4 Å². The van der Waals surface area contributed by atoms with Crippen LogP contribution in [0.4, 0.5) is 23.1 Å². The van der Waals surface area contributed by atoms with E-state index in [9.17, 15) is 0 Å². The van der Waals surface area contributed by atoms with Crippen LogP contribution >= 0.6 is 0 Å². The second-order valence-electron chi connectivity index (χ2n) is 7.12. The zero-order chi connectivity index (χ0) is 21.8. The summed E-state index contributed by atoms with van der Waals surface area (Å²) in [7, 11) is 1.64. The van der Waals surface area contributed by atoms with Gasteiger partial charge in [-0.25, -0.2) is 9.97 Å². The number of hydrogen-bond acceptors (Lipinski definition) is 10. The molecule has 3 N–H and O–H groups in total. The predicted octanol–water partition coefficient (Wildman–Crippen LogP) is 3.04. The van der Waals surface area contributed by atoms with Crippen LogP contribution in [0.5, 0.6) is 5.75 Å². The summed E-state index contributed by atoms with van der Waals surface area (Å²) in [6.07, 6.45) is 6.82. The minimum Gasteiger partial charge on any atom is -0.489 e. The first-order valence-corrected chi connectivity index (χ1v) is 10.1. The molecule has 32 heavy (non-hydrogen) atoms. The highest BCUT2D eigenvalue weighted by molar-refractivity contribution is 5.79. The summed E-state index contributed by atoms with van der Waals surface area (Å²) in [6, 6.07) is 12.0. The molecule has 4 aromatic rings. The van der Waals surface area contributed by atoms with Gasteiger partial charge in [-0.2, -0.15) is 0 Å². The summed E-state index contributed by atoms with van der Waals surface area (Å²) in [4.78, 5) is 17.8. The lowest BCUT2D eigenvalue weighted by Crippen LogP contribution is -2.35. The van der Waals surface area contributed by atoms with Crippen LogP contribution in [-0.4, -0.2) is 40.3 Å². The quantitative estimate of drug-likeness (QED) is 0.361. The van der Waals surface area contributed by atoms with E-state index in [-0.39, 0.29) is 0 Å². The molecule has 0 saturated carbocycles. The first-order chi connectivity index (χ1) is 15.8. The number of hydrogen-bond donors (Lipinski definition) is 3. The van der Waals surface area contributed by atoms with Gasteiger partial charge in [0, 0.05) is 31.0 Å². The molecule has 0 radical (unpaired) electrons. The van der Waals surface area contributed by atoms with E-state index in [1.807, 2.05) is 17.1 Å². The Morgan fingerprint density at radius 1 is 1.06 bits per heavy atom. The molecule has 0 aliphatic carbocycles. The lowest BCUT2D eigenvalue weighted by Gasteiger charge is -2.17. The lowest BCUT2D eigenvalue weighted by molar-refractivity contribution is 0.146. The standard InChI is InChI=1S/C22H22N8O2/c1-31-9-10-32-19-6-8-23-12-18(19)26-20-13-25-21-22(27-20)30(29-28-21)14-15-4-5-17-16(11-15)3-2-7-24-17/h2-8,11-13,29H,9-10,14H2,1H3,(H,25,28)(H,26,27). The SMILES string of the molecule is COCCOc1ccncc1Nc1cnc2c(n1)N(Cc1ccc3ncccc3c1)NN2. The van der Waals surface area contributed by atoms with Gasteiger partial charge in [-0.1, -0.05) is 12.1 Å². The largest absolute Gasteiger partial charge is 0.489 e. The molecule has 3 aromatic heterocycles. The van der Waals surface area contributed by atoms with Crippen molar-refractivity contribution in [3.63, 3.8) is 0 Å². The molecule has 0 unspecified atom stereocenters. The van der Waals surface area contributed by atoms with E-state index in [4.69, 9.17) is 14.5 Å². The fraction of sp³-hybridized carbons (Fsp3) is 0.182. The molecule has 0 fully saturated rings. The molecule has 0 bridgehead atoms. The summed E-state index contributed by atoms with van der Waals surface area (Å²) in [5.74, 6) is 2.58. The zero-order valence-corrected chi connectivity index (χ0v) is 17.4. The Labute approximate surface area is 184 Å². The molecule has 10 heteroatoms. The van der Waals surface area contributed by atoms with E-state index in [1.54, 1.807) is 38.0 Å². The molecular formula is C22H22N8O2. The number of benzene rings is 1. The summed E-state index contributed by atoms with van der Waals surface area (Å²) in [6.45, 7) is 1.53. The molecular weight excluding hydrogens is 408 g/mol. The van der Waals surface area contributed by atoms with E-state index >= 15 is 0 Å². The van der Waals surface area contributed by atoms with Gasteiger partial charge in [-0.15, -0.1) is 5.53 Å². The van der Waals surface area contributed by atoms with Crippen molar-refractivity contribution in [2.75, 3.05) is 36.1 Å². The van der Waals surface area contributed by atoms with Gasteiger partial charge in [0.05, 0.1) is 31.1 Å². The van der Waals surface area contributed by atoms with Crippen LogP contribution < -0.4 is 26.0 Å². The zero-order valence-electron chi connectivity index (χ0n) is 17.4. The van der Waals surface area contributed by atoms with Crippen LogP contribution in [0.2, 0.25) is 0 Å². The summed E-state index contributed by atoms with van der Waals surface area (Å²) in [5, 5.41) is 6.25. The smallest absolute Gasteiger partial charge is 0.191 e. The van der Waals surface area contributed by atoms with E-state index in [0.29, 0.717) is 48.6 Å². The van der Waals surface area contributed by atoms with Crippen molar-refractivity contribution in [3.05, 3.63) is 66.7 Å². The number of fused-ring (bicyclic) bond motifs is 2. The van der Waals surface area contributed by atoms with Crippen LogP contribution in [0.3, 0.4) is 0 Å². The summed E-state index contributed by atoms with van der Waals surface area (Å²) in [5.41, 5.74) is 8.96. The molecule has 1 aliphatic heterocycles.